The molecule has 1 spiro atoms. The monoisotopic (exact) mass is 386 g/mol. The molecule has 1 fully saturated rings. The van der Waals surface area contributed by atoms with Gasteiger partial charge in [0.15, 0.2) is 0 Å². The standard InChI is InChI=1S/C21H23ClN2O3/c1-26-18-4-2-3-15-9-14-27-21(19(15)18)10-12-24(13-11-21)20(25)23-17-7-5-16(22)6-8-17/h2-8H,9-14H2,1H3,(H,23,25). The lowest BCUT2D eigenvalue weighted by molar-refractivity contribution is -0.0932. The molecule has 2 heterocycles. The third kappa shape index (κ3) is 3.49. The number of carbonyl (C=O) groups excluding carboxylic acids is 1. The molecule has 6 heteroatoms. The number of carbonyl (C=O) groups is 1. The van der Waals surface area contributed by atoms with E-state index in [-0.39, 0.29) is 11.6 Å². The largest absolute Gasteiger partial charge is 0.496 e. The van der Waals surface area contributed by atoms with Crippen molar-refractivity contribution in [2.75, 3.05) is 32.1 Å². The summed E-state index contributed by atoms with van der Waals surface area (Å²) in [5.41, 5.74) is 2.83. The number of hydrogen-bond acceptors (Lipinski definition) is 3. The Morgan fingerprint density at radius 1 is 1.19 bits per heavy atom. The van der Waals surface area contributed by atoms with Crippen molar-refractivity contribution in [1.82, 2.24) is 4.90 Å². The highest BCUT2D eigenvalue weighted by molar-refractivity contribution is 6.30. The van der Waals surface area contributed by atoms with E-state index in [1.807, 2.05) is 17.0 Å². The number of nitrogens with one attached hydrogen (secondary N) is 1. The van der Waals surface area contributed by atoms with Crippen molar-refractivity contribution in [1.29, 1.82) is 0 Å². The van der Waals surface area contributed by atoms with Crippen molar-refractivity contribution >= 4 is 23.3 Å². The van der Waals surface area contributed by atoms with Gasteiger partial charge in [-0.2, -0.15) is 0 Å². The highest BCUT2D eigenvalue weighted by Gasteiger charge is 2.43. The number of piperidine rings is 1. The van der Waals surface area contributed by atoms with Gasteiger partial charge < -0.3 is 19.7 Å². The summed E-state index contributed by atoms with van der Waals surface area (Å²) in [5.74, 6) is 0.881. The number of urea groups is 1. The SMILES string of the molecule is COc1cccc2c1C1(CCN(C(=O)Nc3ccc(Cl)cc3)CC1)OCC2. The summed E-state index contributed by atoms with van der Waals surface area (Å²) in [6.45, 7) is 1.98. The van der Waals surface area contributed by atoms with Crippen LogP contribution in [-0.4, -0.2) is 37.7 Å². The molecule has 0 radical (unpaired) electrons. The van der Waals surface area contributed by atoms with Crippen molar-refractivity contribution in [2.45, 2.75) is 24.9 Å². The molecular weight excluding hydrogens is 364 g/mol. The Morgan fingerprint density at radius 3 is 2.63 bits per heavy atom. The van der Waals surface area contributed by atoms with Gasteiger partial charge in [0.05, 0.1) is 13.7 Å². The third-order valence-corrected chi connectivity index (χ3v) is 5.74. The average molecular weight is 387 g/mol. The molecule has 2 aliphatic rings. The molecule has 2 aliphatic heterocycles. The minimum absolute atomic E-state index is 0.0942. The molecule has 0 bridgehead atoms. The Morgan fingerprint density at radius 2 is 1.93 bits per heavy atom. The molecule has 2 amide bonds. The summed E-state index contributed by atoms with van der Waals surface area (Å²) in [7, 11) is 1.70. The Balaban J connectivity index is 1.48. The summed E-state index contributed by atoms with van der Waals surface area (Å²) in [6.07, 6.45) is 2.41. The topological polar surface area (TPSA) is 50.8 Å². The Bertz CT molecular complexity index is 816. The molecule has 0 aromatic heterocycles. The van der Waals surface area contributed by atoms with Gasteiger partial charge in [-0.15, -0.1) is 0 Å². The van der Waals surface area contributed by atoms with Crippen LogP contribution in [0.3, 0.4) is 0 Å². The smallest absolute Gasteiger partial charge is 0.321 e. The van der Waals surface area contributed by atoms with Gasteiger partial charge in [0.25, 0.3) is 0 Å². The number of benzene rings is 2. The summed E-state index contributed by atoms with van der Waals surface area (Å²) in [6, 6.07) is 13.2. The van der Waals surface area contributed by atoms with E-state index in [1.54, 1.807) is 31.4 Å². The Labute approximate surface area is 164 Å². The van der Waals surface area contributed by atoms with E-state index in [0.29, 0.717) is 24.7 Å². The van der Waals surface area contributed by atoms with Crippen LogP contribution < -0.4 is 10.1 Å². The first-order chi connectivity index (χ1) is 13.1. The molecule has 0 aliphatic carbocycles. The van der Waals surface area contributed by atoms with Crippen LogP contribution in [0.1, 0.15) is 24.0 Å². The number of likely N-dealkylation sites (tertiary alicyclic amines) is 1. The lowest BCUT2D eigenvalue weighted by Gasteiger charge is -2.45. The van der Waals surface area contributed by atoms with Gasteiger partial charge in [-0.05, 0) is 55.2 Å². The molecule has 0 saturated carbocycles. The number of rotatable bonds is 2. The first-order valence-electron chi connectivity index (χ1n) is 9.23. The third-order valence-electron chi connectivity index (χ3n) is 5.49. The average Bonchev–Trinajstić information content (AvgIpc) is 2.70. The van der Waals surface area contributed by atoms with Gasteiger partial charge in [-0.1, -0.05) is 23.7 Å². The van der Waals surface area contributed by atoms with Gasteiger partial charge in [0, 0.05) is 29.4 Å². The zero-order valence-electron chi connectivity index (χ0n) is 15.3. The van der Waals surface area contributed by atoms with Crippen LogP contribution in [-0.2, 0) is 16.8 Å². The maximum Gasteiger partial charge on any atom is 0.321 e. The molecule has 5 nitrogen and oxygen atoms in total. The number of ether oxygens (including phenoxy) is 2. The number of fused-ring (bicyclic) bond motifs is 2. The fourth-order valence-corrected chi connectivity index (χ4v) is 4.23. The van der Waals surface area contributed by atoms with E-state index < -0.39 is 0 Å². The molecule has 4 rings (SSSR count). The first kappa shape index (κ1) is 18.1. The number of methoxy groups -OCH3 is 1. The number of halogens is 1. The van der Waals surface area contributed by atoms with Gasteiger partial charge in [0.2, 0.25) is 0 Å². The van der Waals surface area contributed by atoms with Crippen molar-refractivity contribution in [3.63, 3.8) is 0 Å². The van der Waals surface area contributed by atoms with E-state index in [4.69, 9.17) is 21.1 Å². The lowest BCUT2D eigenvalue weighted by Crippen LogP contribution is -2.49. The predicted molar refractivity (Wildman–Crippen MR) is 106 cm³/mol. The maximum atomic E-state index is 12.6. The number of nitrogens with zero attached hydrogens (tertiary/aromatic N) is 1. The van der Waals surface area contributed by atoms with Crippen molar-refractivity contribution in [3.8, 4) is 5.75 Å². The molecule has 27 heavy (non-hydrogen) atoms. The van der Waals surface area contributed by atoms with Crippen LogP contribution in [0.15, 0.2) is 42.5 Å². The summed E-state index contributed by atoms with van der Waals surface area (Å²) in [4.78, 5) is 14.4. The van der Waals surface area contributed by atoms with E-state index >= 15 is 0 Å². The zero-order chi connectivity index (χ0) is 18.9. The maximum absolute atomic E-state index is 12.6. The normalized spacial score (nSPS) is 18.1. The molecule has 0 unspecified atom stereocenters. The number of hydrogen-bond donors (Lipinski definition) is 1. The van der Waals surface area contributed by atoms with Crippen LogP contribution in [0.25, 0.3) is 0 Å². The minimum Gasteiger partial charge on any atom is -0.496 e. The van der Waals surface area contributed by atoms with Crippen LogP contribution in [0, 0.1) is 0 Å². The molecular formula is C21H23ClN2O3. The molecule has 1 saturated heterocycles. The van der Waals surface area contributed by atoms with Crippen LogP contribution >= 0.6 is 11.6 Å². The van der Waals surface area contributed by atoms with Crippen molar-refractivity contribution in [2.24, 2.45) is 0 Å². The molecule has 0 atom stereocenters. The zero-order valence-corrected chi connectivity index (χ0v) is 16.1. The second-order valence-electron chi connectivity index (χ2n) is 7.01. The van der Waals surface area contributed by atoms with Crippen molar-refractivity contribution < 1.29 is 14.3 Å². The van der Waals surface area contributed by atoms with E-state index in [2.05, 4.69) is 11.4 Å². The molecule has 2 aromatic rings. The Kier molecular flexibility index (Phi) is 4.98. The summed E-state index contributed by atoms with van der Waals surface area (Å²) in [5, 5.41) is 3.58. The van der Waals surface area contributed by atoms with Crippen LogP contribution in [0.4, 0.5) is 10.5 Å². The van der Waals surface area contributed by atoms with E-state index in [1.165, 1.54) is 5.56 Å². The highest BCUT2D eigenvalue weighted by Crippen LogP contribution is 2.45. The number of anilines is 1. The van der Waals surface area contributed by atoms with E-state index in [0.717, 1.165) is 36.3 Å². The first-order valence-corrected chi connectivity index (χ1v) is 9.61. The van der Waals surface area contributed by atoms with Crippen molar-refractivity contribution in [3.05, 3.63) is 58.6 Å². The Hall–Kier alpha value is -2.24. The fraction of sp³-hybridized carbons (Fsp3) is 0.381. The number of amides is 2. The van der Waals surface area contributed by atoms with Gasteiger partial charge in [-0.3, -0.25) is 0 Å². The minimum atomic E-state index is -0.364. The summed E-state index contributed by atoms with van der Waals surface area (Å²) >= 11 is 5.90. The second kappa shape index (κ2) is 7.41. The van der Waals surface area contributed by atoms with E-state index in [9.17, 15) is 4.79 Å². The lowest BCUT2D eigenvalue weighted by atomic mass is 9.79. The van der Waals surface area contributed by atoms with Crippen LogP contribution in [0.2, 0.25) is 5.02 Å². The van der Waals surface area contributed by atoms with Gasteiger partial charge in [0.1, 0.15) is 11.4 Å². The molecule has 2 aromatic carbocycles. The highest BCUT2D eigenvalue weighted by atomic mass is 35.5. The second-order valence-corrected chi connectivity index (χ2v) is 7.45. The fourth-order valence-electron chi connectivity index (χ4n) is 4.10. The quantitative estimate of drug-likeness (QED) is 0.829. The predicted octanol–water partition coefficient (Wildman–Crippen LogP) is 4.44. The van der Waals surface area contributed by atoms with Gasteiger partial charge in [-0.25, -0.2) is 4.79 Å². The van der Waals surface area contributed by atoms with Crippen LogP contribution in [0.5, 0.6) is 5.75 Å². The summed E-state index contributed by atoms with van der Waals surface area (Å²) < 4.78 is 11.9. The molecule has 1 N–H and O–H groups in total. The molecule has 142 valence electrons. The van der Waals surface area contributed by atoms with Gasteiger partial charge >= 0.3 is 6.03 Å².